The maximum atomic E-state index is 4.47. The summed E-state index contributed by atoms with van der Waals surface area (Å²) < 4.78 is 2.01. The summed E-state index contributed by atoms with van der Waals surface area (Å²) in [4.78, 5) is 6.90. The predicted molar refractivity (Wildman–Crippen MR) is 96.7 cm³/mol. The average molecular weight is 319 g/mol. The number of aliphatic imine (C=N–C) groups is 1. The van der Waals surface area contributed by atoms with Gasteiger partial charge in [-0.05, 0) is 37.2 Å². The lowest BCUT2D eigenvalue weighted by molar-refractivity contribution is 0.319. The number of guanidine groups is 1. The number of aryl methyl sites for hydroxylation is 2. The summed E-state index contributed by atoms with van der Waals surface area (Å²) in [5.41, 5.74) is 1.22. The van der Waals surface area contributed by atoms with Crippen LogP contribution in [0.5, 0.6) is 0 Å². The van der Waals surface area contributed by atoms with Crippen LogP contribution >= 0.6 is 0 Å². The van der Waals surface area contributed by atoms with Crippen molar-refractivity contribution in [2.24, 2.45) is 16.8 Å². The molecule has 0 saturated carbocycles. The topological polar surface area (TPSA) is 45.5 Å². The van der Waals surface area contributed by atoms with Crippen LogP contribution in [0, 0.1) is 18.8 Å². The molecule has 23 heavy (non-hydrogen) atoms. The first-order valence-electron chi connectivity index (χ1n) is 9.12. The summed E-state index contributed by atoms with van der Waals surface area (Å²) in [5, 5.41) is 7.85. The van der Waals surface area contributed by atoms with Gasteiger partial charge >= 0.3 is 0 Å². The molecular formula is C18H33N5. The number of nitrogens with one attached hydrogen (secondary N) is 1. The van der Waals surface area contributed by atoms with Crippen LogP contribution in [0.4, 0.5) is 0 Å². The van der Waals surface area contributed by atoms with E-state index >= 15 is 0 Å². The molecule has 2 heterocycles. The van der Waals surface area contributed by atoms with Crippen LogP contribution in [0.3, 0.4) is 0 Å². The van der Waals surface area contributed by atoms with Gasteiger partial charge in [0.1, 0.15) is 0 Å². The van der Waals surface area contributed by atoms with E-state index in [-0.39, 0.29) is 0 Å². The monoisotopic (exact) mass is 319 g/mol. The summed E-state index contributed by atoms with van der Waals surface area (Å²) in [7, 11) is 1.89. The number of nitrogens with zero attached hydrogens (tertiary/aromatic N) is 4. The van der Waals surface area contributed by atoms with Gasteiger partial charge in [-0.1, -0.05) is 26.7 Å². The van der Waals surface area contributed by atoms with Crippen LogP contribution in [0.25, 0.3) is 0 Å². The van der Waals surface area contributed by atoms with E-state index in [2.05, 4.69) is 47.3 Å². The molecular weight excluding hydrogens is 286 g/mol. The zero-order chi connectivity index (χ0) is 16.7. The van der Waals surface area contributed by atoms with E-state index in [0.29, 0.717) is 0 Å². The molecule has 0 spiro atoms. The molecule has 5 nitrogen and oxygen atoms in total. The molecule has 1 atom stereocenters. The standard InChI is InChI=1S/C18H33N5/c1-5-16(6-2)17-8-11-22(14-17)18(19-4)20-9-7-10-23-13-15(3)12-21-23/h12-13,16-17H,5-11,14H2,1-4H3,(H,19,20). The summed E-state index contributed by atoms with van der Waals surface area (Å²) in [5.74, 6) is 2.76. The highest BCUT2D eigenvalue weighted by Crippen LogP contribution is 2.28. The van der Waals surface area contributed by atoms with Crippen molar-refractivity contribution < 1.29 is 0 Å². The second-order valence-corrected chi connectivity index (χ2v) is 6.68. The molecule has 1 aromatic rings. The molecule has 0 bridgehead atoms. The first kappa shape index (κ1) is 17.8. The fourth-order valence-electron chi connectivity index (χ4n) is 3.68. The molecule has 1 aliphatic heterocycles. The van der Waals surface area contributed by atoms with Crippen molar-refractivity contribution in [3.63, 3.8) is 0 Å². The van der Waals surface area contributed by atoms with Crippen LogP contribution in [0.1, 0.15) is 45.1 Å². The summed E-state index contributed by atoms with van der Waals surface area (Å²) in [6, 6.07) is 0. The fourth-order valence-corrected chi connectivity index (χ4v) is 3.68. The molecule has 1 aromatic heterocycles. The Morgan fingerprint density at radius 2 is 2.22 bits per heavy atom. The van der Waals surface area contributed by atoms with Crippen LogP contribution < -0.4 is 5.32 Å². The van der Waals surface area contributed by atoms with E-state index in [1.807, 2.05) is 17.9 Å². The van der Waals surface area contributed by atoms with Crippen LogP contribution in [-0.4, -0.2) is 47.3 Å². The highest BCUT2D eigenvalue weighted by Gasteiger charge is 2.29. The number of rotatable bonds is 7. The number of hydrogen-bond acceptors (Lipinski definition) is 2. The summed E-state index contributed by atoms with van der Waals surface area (Å²) in [6.45, 7) is 10.9. The van der Waals surface area contributed by atoms with Gasteiger partial charge in [0.25, 0.3) is 0 Å². The molecule has 1 aliphatic rings. The van der Waals surface area contributed by atoms with Crippen molar-refractivity contribution in [3.8, 4) is 0 Å². The second-order valence-electron chi connectivity index (χ2n) is 6.68. The number of hydrogen-bond donors (Lipinski definition) is 1. The van der Waals surface area contributed by atoms with Crippen molar-refractivity contribution >= 4 is 5.96 Å². The molecule has 1 unspecified atom stereocenters. The van der Waals surface area contributed by atoms with Gasteiger partial charge in [0, 0.05) is 39.4 Å². The number of aromatic nitrogens is 2. The van der Waals surface area contributed by atoms with E-state index < -0.39 is 0 Å². The molecule has 2 rings (SSSR count). The molecule has 0 amide bonds. The Kier molecular flexibility index (Phi) is 6.93. The second kappa shape index (κ2) is 8.94. The van der Waals surface area contributed by atoms with Crippen LogP contribution in [-0.2, 0) is 6.54 Å². The van der Waals surface area contributed by atoms with Gasteiger partial charge in [-0.15, -0.1) is 0 Å². The Labute approximate surface area is 141 Å². The van der Waals surface area contributed by atoms with E-state index in [4.69, 9.17) is 0 Å². The third-order valence-electron chi connectivity index (χ3n) is 5.06. The zero-order valence-electron chi connectivity index (χ0n) is 15.3. The van der Waals surface area contributed by atoms with Gasteiger partial charge < -0.3 is 10.2 Å². The largest absolute Gasteiger partial charge is 0.356 e. The fraction of sp³-hybridized carbons (Fsp3) is 0.778. The minimum absolute atomic E-state index is 0.829. The lowest BCUT2D eigenvalue weighted by atomic mass is 9.87. The van der Waals surface area contributed by atoms with Crippen molar-refractivity contribution in [2.75, 3.05) is 26.7 Å². The minimum atomic E-state index is 0.829. The maximum Gasteiger partial charge on any atom is 0.193 e. The molecule has 1 saturated heterocycles. The zero-order valence-corrected chi connectivity index (χ0v) is 15.3. The lowest BCUT2D eigenvalue weighted by Gasteiger charge is -2.24. The van der Waals surface area contributed by atoms with Gasteiger partial charge in [0.2, 0.25) is 0 Å². The first-order valence-corrected chi connectivity index (χ1v) is 9.12. The number of likely N-dealkylation sites (tertiary alicyclic amines) is 1. The molecule has 130 valence electrons. The molecule has 1 N–H and O–H groups in total. The quantitative estimate of drug-likeness (QED) is 0.477. The third kappa shape index (κ3) is 4.98. The smallest absolute Gasteiger partial charge is 0.193 e. The SMILES string of the molecule is CCC(CC)C1CCN(C(=NC)NCCCn2cc(C)cn2)C1. The highest BCUT2D eigenvalue weighted by atomic mass is 15.3. The van der Waals surface area contributed by atoms with Gasteiger partial charge in [-0.3, -0.25) is 9.67 Å². The van der Waals surface area contributed by atoms with Crippen molar-refractivity contribution in [1.29, 1.82) is 0 Å². The van der Waals surface area contributed by atoms with Crippen molar-refractivity contribution in [3.05, 3.63) is 18.0 Å². The van der Waals surface area contributed by atoms with Gasteiger partial charge in [0.05, 0.1) is 6.20 Å². The maximum absolute atomic E-state index is 4.47. The molecule has 0 radical (unpaired) electrons. The normalized spacial score (nSPS) is 18.9. The predicted octanol–water partition coefficient (Wildman–Crippen LogP) is 2.92. The summed E-state index contributed by atoms with van der Waals surface area (Å²) in [6.07, 6.45) is 8.96. The van der Waals surface area contributed by atoms with Crippen molar-refractivity contribution in [1.82, 2.24) is 20.0 Å². The average Bonchev–Trinajstić information content (AvgIpc) is 3.18. The van der Waals surface area contributed by atoms with E-state index in [0.717, 1.165) is 50.4 Å². The third-order valence-corrected chi connectivity index (χ3v) is 5.06. The Hall–Kier alpha value is -1.52. The van der Waals surface area contributed by atoms with Gasteiger partial charge in [0.15, 0.2) is 5.96 Å². The Bertz CT molecular complexity index is 489. The molecule has 5 heteroatoms. The van der Waals surface area contributed by atoms with Crippen LogP contribution in [0.2, 0.25) is 0 Å². The van der Waals surface area contributed by atoms with E-state index in [1.54, 1.807) is 0 Å². The Morgan fingerprint density at radius 3 is 2.83 bits per heavy atom. The van der Waals surface area contributed by atoms with Crippen LogP contribution in [0.15, 0.2) is 17.4 Å². The lowest BCUT2D eigenvalue weighted by Crippen LogP contribution is -2.41. The molecule has 0 aromatic carbocycles. The molecule has 1 fully saturated rings. The Morgan fingerprint density at radius 1 is 1.43 bits per heavy atom. The van der Waals surface area contributed by atoms with Gasteiger partial charge in [-0.25, -0.2) is 0 Å². The highest BCUT2D eigenvalue weighted by molar-refractivity contribution is 5.80. The summed E-state index contributed by atoms with van der Waals surface area (Å²) >= 11 is 0. The van der Waals surface area contributed by atoms with Gasteiger partial charge in [-0.2, -0.15) is 5.10 Å². The van der Waals surface area contributed by atoms with E-state index in [9.17, 15) is 0 Å². The molecule has 0 aliphatic carbocycles. The minimum Gasteiger partial charge on any atom is -0.356 e. The van der Waals surface area contributed by atoms with E-state index in [1.165, 1.54) is 24.8 Å². The van der Waals surface area contributed by atoms with Crippen molar-refractivity contribution in [2.45, 2.75) is 53.0 Å². The first-order chi connectivity index (χ1) is 11.2. The Balaban J connectivity index is 1.73.